The van der Waals surface area contributed by atoms with Crippen molar-refractivity contribution in [2.75, 3.05) is 4.90 Å². The minimum atomic E-state index is 0.503. The Kier molecular flexibility index (Phi) is 4.98. The van der Waals surface area contributed by atoms with E-state index in [1.54, 1.807) is 0 Å². The molecule has 38 heavy (non-hydrogen) atoms. The molecule has 0 N–H and O–H groups in total. The van der Waals surface area contributed by atoms with Crippen molar-refractivity contribution < 1.29 is 0 Å². The molecule has 8 rings (SSSR count). The lowest BCUT2D eigenvalue weighted by Crippen LogP contribution is -2.18. The van der Waals surface area contributed by atoms with Crippen LogP contribution in [0.25, 0.3) is 46.7 Å². The van der Waals surface area contributed by atoms with Gasteiger partial charge >= 0.3 is 0 Å². The lowest BCUT2D eigenvalue weighted by atomic mass is 9.89. The van der Waals surface area contributed by atoms with E-state index in [0.29, 0.717) is 5.92 Å². The third-order valence-electron chi connectivity index (χ3n) is 7.88. The summed E-state index contributed by atoms with van der Waals surface area (Å²) in [5, 5.41) is 6.60. The van der Waals surface area contributed by atoms with Crippen molar-refractivity contribution in [2.45, 2.75) is 19.3 Å². The van der Waals surface area contributed by atoms with Gasteiger partial charge in [0.25, 0.3) is 0 Å². The Labute approximate surface area is 229 Å². The Balaban J connectivity index is 1.44. The van der Waals surface area contributed by atoms with Crippen LogP contribution in [0.2, 0.25) is 0 Å². The molecule has 5 aromatic carbocycles. The predicted octanol–water partition coefficient (Wildman–Crippen LogP) is 11.1. The van der Waals surface area contributed by atoms with Crippen molar-refractivity contribution >= 4 is 80.8 Å². The minimum absolute atomic E-state index is 0.503. The third kappa shape index (κ3) is 3.29. The quantitative estimate of drug-likeness (QED) is 0.223. The van der Waals surface area contributed by atoms with E-state index < -0.39 is 0 Å². The number of hydrogen-bond acceptors (Lipinski definition) is 3. The van der Waals surface area contributed by atoms with Gasteiger partial charge in [0.1, 0.15) is 0 Å². The number of rotatable bonds is 3. The first kappa shape index (κ1) is 22.1. The maximum atomic E-state index is 2.53. The molecule has 0 saturated carbocycles. The van der Waals surface area contributed by atoms with E-state index >= 15 is 0 Å². The smallest absolute Gasteiger partial charge is 0.0640 e. The van der Waals surface area contributed by atoms with Gasteiger partial charge in [-0.15, -0.1) is 22.7 Å². The standard InChI is InChI=1S/C35H25NS2/c1-22-17-20-30(35-33(22)28-12-5-7-16-32(28)38-35)36(25-19-18-23-9-2-3-10-24(23)21-25)29-14-8-13-27-26-11-4-6-15-31(26)37-34(27)29/h2-16,18-22H,17H2,1H3. The van der Waals surface area contributed by atoms with E-state index in [2.05, 4.69) is 127 Å². The maximum Gasteiger partial charge on any atom is 0.0640 e. The first-order valence-corrected chi connectivity index (χ1v) is 14.8. The van der Waals surface area contributed by atoms with Crippen LogP contribution in [0, 0.1) is 0 Å². The SMILES string of the molecule is CC1CC=C(N(c2ccc3ccccc3c2)c2cccc3c2sc2ccccc23)c2sc3ccccc3c21. The van der Waals surface area contributed by atoms with Gasteiger partial charge in [0.05, 0.1) is 21.0 Å². The molecule has 2 aromatic heterocycles. The molecule has 182 valence electrons. The summed E-state index contributed by atoms with van der Waals surface area (Å²) in [7, 11) is 0. The van der Waals surface area contributed by atoms with Gasteiger partial charge < -0.3 is 4.90 Å². The fourth-order valence-corrected chi connectivity index (χ4v) is 8.63. The van der Waals surface area contributed by atoms with E-state index in [9.17, 15) is 0 Å². The Bertz CT molecular complexity index is 2040. The molecule has 3 heteroatoms. The first-order chi connectivity index (χ1) is 18.8. The highest BCUT2D eigenvalue weighted by Gasteiger charge is 2.29. The van der Waals surface area contributed by atoms with Gasteiger partial charge in [-0.05, 0) is 64.4 Å². The molecule has 0 bridgehead atoms. The number of allylic oxidation sites excluding steroid dienone is 1. The van der Waals surface area contributed by atoms with Crippen molar-refractivity contribution in [2.24, 2.45) is 0 Å². The molecule has 7 aromatic rings. The molecule has 0 radical (unpaired) electrons. The van der Waals surface area contributed by atoms with Crippen LogP contribution in [0.4, 0.5) is 11.4 Å². The number of thiophene rings is 2. The summed E-state index contributed by atoms with van der Waals surface area (Å²) >= 11 is 3.84. The topological polar surface area (TPSA) is 3.24 Å². The van der Waals surface area contributed by atoms with Crippen molar-refractivity contribution in [1.82, 2.24) is 0 Å². The zero-order valence-corrected chi connectivity index (χ0v) is 22.7. The number of hydrogen-bond donors (Lipinski definition) is 0. The van der Waals surface area contributed by atoms with Gasteiger partial charge in [-0.2, -0.15) is 0 Å². The molecular formula is C35H25NS2. The molecule has 1 aliphatic carbocycles. The van der Waals surface area contributed by atoms with Gasteiger partial charge in [0.2, 0.25) is 0 Å². The monoisotopic (exact) mass is 523 g/mol. The third-order valence-corrected chi connectivity index (χ3v) is 10.3. The number of fused-ring (bicyclic) bond motifs is 7. The van der Waals surface area contributed by atoms with Gasteiger partial charge in [0, 0.05) is 25.9 Å². The highest BCUT2D eigenvalue weighted by molar-refractivity contribution is 7.26. The van der Waals surface area contributed by atoms with E-state index in [4.69, 9.17) is 0 Å². The molecule has 1 nitrogen and oxygen atoms in total. The van der Waals surface area contributed by atoms with Crippen LogP contribution in [0.1, 0.15) is 29.7 Å². The zero-order valence-electron chi connectivity index (χ0n) is 21.0. The van der Waals surface area contributed by atoms with E-state index in [1.807, 2.05) is 22.7 Å². The molecule has 0 spiro atoms. The van der Waals surface area contributed by atoms with Crippen molar-refractivity contribution in [3.05, 3.63) is 126 Å². The summed E-state index contributed by atoms with van der Waals surface area (Å²) in [4.78, 5) is 3.93. The normalized spacial score (nSPS) is 15.3. The van der Waals surface area contributed by atoms with Crippen molar-refractivity contribution in [1.29, 1.82) is 0 Å². The fraction of sp³-hybridized carbons (Fsp3) is 0.0857. The van der Waals surface area contributed by atoms with Crippen LogP contribution in [-0.2, 0) is 0 Å². The molecule has 0 fully saturated rings. The van der Waals surface area contributed by atoms with Gasteiger partial charge in [0.15, 0.2) is 0 Å². The summed E-state index contributed by atoms with van der Waals surface area (Å²) in [6.45, 7) is 2.37. The van der Waals surface area contributed by atoms with Crippen LogP contribution in [-0.4, -0.2) is 0 Å². The second-order valence-electron chi connectivity index (χ2n) is 10.2. The molecule has 0 amide bonds. The fourth-order valence-electron chi connectivity index (χ4n) is 6.07. The van der Waals surface area contributed by atoms with Gasteiger partial charge in [-0.25, -0.2) is 0 Å². The van der Waals surface area contributed by atoms with Crippen molar-refractivity contribution in [3.8, 4) is 0 Å². The van der Waals surface area contributed by atoms with E-state index in [1.165, 1.54) is 68.5 Å². The van der Waals surface area contributed by atoms with Crippen LogP contribution in [0.15, 0.2) is 115 Å². The summed E-state index contributed by atoms with van der Waals surface area (Å²) in [5.74, 6) is 0.503. The number of nitrogens with zero attached hydrogens (tertiary/aromatic N) is 1. The second kappa shape index (κ2) is 8.56. The molecule has 1 atom stereocenters. The van der Waals surface area contributed by atoms with E-state index in [0.717, 1.165) is 6.42 Å². The molecule has 2 heterocycles. The summed E-state index contributed by atoms with van der Waals surface area (Å²) in [6, 6.07) is 40.1. The Morgan fingerprint density at radius 2 is 1.37 bits per heavy atom. The Morgan fingerprint density at radius 1 is 0.658 bits per heavy atom. The zero-order chi connectivity index (χ0) is 25.2. The number of benzene rings is 5. The molecule has 1 aliphatic rings. The lowest BCUT2D eigenvalue weighted by Gasteiger charge is -2.32. The van der Waals surface area contributed by atoms with Crippen LogP contribution in [0.3, 0.4) is 0 Å². The summed E-state index contributed by atoms with van der Waals surface area (Å²) in [5.41, 5.74) is 5.26. The van der Waals surface area contributed by atoms with E-state index in [-0.39, 0.29) is 0 Å². The Hall–Kier alpha value is -3.92. The molecular weight excluding hydrogens is 499 g/mol. The first-order valence-electron chi connectivity index (χ1n) is 13.2. The largest absolute Gasteiger partial charge is 0.308 e. The predicted molar refractivity (Wildman–Crippen MR) is 168 cm³/mol. The van der Waals surface area contributed by atoms with Gasteiger partial charge in [-0.1, -0.05) is 91.9 Å². The average Bonchev–Trinajstić information content (AvgIpc) is 3.54. The highest BCUT2D eigenvalue weighted by Crippen LogP contribution is 2.50. The van der Waals surface area contributed by atoms with Gasteiger partial charge in [-0.3, -0.25) is 0 Å². The number of anilines is 2. The molecule has 0 saturated heterocycles. The molecule has 1 unspecified atom stereocenters. The Morgan fingerprint density at radius 3 is 2.24 bits per heavy atom. The highest BCUT2D eigenvalue weighted by atomic mass is 32.1. The second-order valence-corrected chi connectivity index (χ2v) is 12.3. The molecule has 0 aliphatic heterocycles. The summed E-state index contributed by atoms with van der Waals surface area (Å²) < 4.78 is 4.04. The summed E-state index contributed by atoms with van der Waals surface area (Å²) in [6.07, 6.45) is 3.51. The maximum absolute atomic E-state index is 2.53. The minimum Gasteiger partial charge on any atom is -0.308 e. The van der Waals surface area contributed by atoms with Crippen LogP contribution >= 0.6 is 22.7 Å². The van der Waals surface area contributed by atoms with Crippen molar-refractivity contribution in [3.63, 3.8) is 0 Å². The van der Waals surface area contributed by atoms with Crippen LogP contribution < -0.4 is 4.90 Å². The van der Waals surface area contributed by atoms with Crippen LogP contribution in [0.5, 0.6) is 0 Å². The average molecular weight is 524 g/mol. The lowest BCUT2D eigenvalue weighted by molar-refractivity contribution is 0.777.